The molecule has 1 aromatic carbocycles. The molecule has 25 heavy (non-hydrogen) atoms. The van der Waals surface area contributed by atoms with Crippen LogP contribution in [0.3, 0.4) is 0 Å². The Hall–Kier alpha value is -2.18. The van der Waals surface area contributed by atoms with E-state index >= 15 is 0 Å². The molecule has 1 aromatic heterocycles. The maximum absolute atomic E-state index is 12.3. The number of rotatable bonds is 6. The van der Waals surface area contributed by atoms with E-state index in [-0.39, 0.29) is 5.91 Å². The molecule has 0 spiro atoms. The van der Waals surface area contributed by atoms with E-state index in [1.54, 1.807) is 6.20 Å². The second-order valence-electron chi connectivity index (χ2n) is 6.86. The van der Waals surface area contributed by atoms with E-state index in [0.717, 1.165) is 38.3 Å². The van der Waals surface area contributed by atoms with Crippen molar-refractivity contribution in [2.24, 2.45) is 5.92 Å². The molecule has 2 heterocycles. The number of piperazine rings is 1. The molecule has 0 radical (unpaired) electrons. The summed E-state index contributed by atoms with van der Waals surface area (Å²) in [7, 11) is 2.16. The molecule has 134 valence electrons. The second-order valence-corrected chi connectivity index (χ2v) is 6.86. The highest BCUT2D eigenvalue weighted by Crippen LogP contribution is 2.18. The summed E-state index contributed by atoms with van der Waals surface area (Å²) in [5.74, 6) is 1.10. The van der Waals surface area contributed by atoms with Crippen LogP contribution in [0.1, 0.15) is 17.3 Å². The Bertz CT molecular complexity index is 661. The largest absolute Gasteiger partial charge is 0.444 e. The molecule has 1 N–H and O–H groups in total. The Morgan fingerprint density at radius 3 is 2.60 bits per heavy atom. The van der Waals surface area contributed by atoms with E-state index in [1.165, 1.54) is 6.39 Å². The minimum absolute atomic E-state index is 0.0330. The number of oxazole rings is 1. The van der Waals surface area contributed by atoms with Crippen molar-refractivity contribution in [3.05, 3.63) is 42.4 Å². The summed E-state index contributed by atoms with van der Waals surface area (Å²) in [6.45, 7) is 8.36. The molecule has 1 fully saturated rings. The first-order chi connectivity index (χ1) is 12.1. The van der Waals surface area contributed by atoms with E-state index in [1.807, 2.05) is 24.3 Å². The highest BCUT2D eigenvalue weighted by molar-refractivity contribution is 5.94. The van der Waals surface area contributed by atoms with Crippen molar-refractivity contribution in [3.63, 3.8) is 0 Å². The predicted molar refractivity (Wildman–Crippen MR) is 97.4 cm³/mol. The second kappa shape index (κ2) is 8.27. The first-order valence-corrected chi connectivity index (χ1v) is 8.80. The van der Waals surface area contributed by atoms with Crippen molar-refractivity contribution in [1.29, 1.82) is 0 Å². The van der Waals surface area contributed by atoms with E-state index in [0.29, 0.717) is 23.8 Å². The number of nitrogens with zero attached hydrogens (tertiary/aromatic N) is 3. The number of hydrogen-bond donors (Lipinski definition) is 1. The van der Waals surface area contributed by atoms with Crippen LogP contribution in [0.5, 0.6) is 0 Å². The zero-order chi connectivity index (χ0) is 17.6. The quantitative estimate of drug-likeness (QED) is 0.869. The van der Waals surface area contributed by atoms with Crippen molar-refractivity contribution in [2.45, 2.75) is 6.92 Å². The fourth-order valence-corrected chi connectivity index (χ4v) is 3.05. The Labute approximate surface area is 148 Å². The van der Waals surface area contributed by atoms with Gasteiger partial charge < -0.3 is 19.5 Å². The van der Waals surface area contributed by atoms with Gasteiger partial charge >= 0.3 is 0 Å². The zero-order valence-corrected chi connectivity index (χ0v) is 14.9. The fourth-order valence-electron chi connectivity index (χ4n) is 3.05. The lowest BCUT2D eigenvalue weighted by Crippen LogP contribution is -2.46. The molecule has 6 nitrogen and oxygen atoms in total. The summed E-state index contributed by atoms with van der Waals surface area (Å²) in [5, 5.41) is 3.04. The molecule has 1 saturated heterocycles. The monoisotopic (exact) mass is 342 g/mol. The van der Waals surface area contributed by atoms with Crippen molar-refractivity contribution in [2.75, 3.05) is 46.3 Å². The lowest BCUT2D eigenvalue weighted by atomic mass is 10.1. The van der Waals surface area contributed by atoms with Gasteiger partial charge in [-0.25, -0.2) is 4.98 Å². The van der Waals surface area contributed by atoms with Crippen LogP contribution in [0.4, 0.5) is 0 Å². The number of nitrogens with one attached hydrogen (secondary N) is 1. The average Bonchev–Trinajstić information content (AvgIpc) is 3.16. The van der Waals surface area contributed by atoms with Crippen molar-refractivity contribution in [1.82, 2.24) is 20.1 Å². The van der Waals surface area contributed by atoms with Crippen molar-refractivity contribution < 1.29 is 9.21 Å². The first-order valence-electron chi connectivity index (χ1n) is 8.80. The van der Waals surface area contributed by atoms with Crippen LogP contribution in [0.15, 0.2) is 41.3 Å². The van der Waals surface area contributed by atoms with Gasteiger partial charge in [-0.05, 0) is 25.1 Å². The summed E-state index contributed by atoms with van der Waals surface area (Å²) in [4.78, 5) is 21.0. The minimum Gasteiger partial charge on any atom is -0.444 e. The zero-order valence-electron chi connectivity index (χ0n) is 14.9. The molecular formula is C19H26N4O2. The Balaban J connectivity index is 1.45. The van der Waals surface area contributed by atoms with Gasteiger partial charge in [0.05, 0.1) is 6.20 Å². The van der Waals surface area contributed by atoms with Gasteiger partial charge in [0, 0.05) is 50.4 Å². The molecule has 1 aliphatic heterocycles. The molecule has 0 saturated carbocycles. The van der Waals surface area contributed by atoms with Crippen molar-refractivity contribution >= 4 is 5.91 Å². The van der Waals surface area contributed by atoms with Gasteiger partial charge in [-0.15, -0.1) is 0 Å². The number of carbonyl (C=O) groups excluding carboxylic acids is 1. The molecule has 0 unspecified atom stereocenters. The molecular weight excluding hydrogens is 316 g/mol. The number of carbonyl (C=O) groups is 1. The molecule has 1 amide bonds. The van der Waals surface area contributed by atoms with Crippen LogP contribution < -0.4 is 5.32 Å². The maximum Gasteiger partial charge on any atom is 0.251 e. The molecule has 3 rings (SSSR count). The number of hydrogen-bond acceptors (Lipinski definition) is 5. The Morgan fingerprint density at radius 2 is 1.96 bits per heavy atom. The van der Waals surface area contributed by atoms with Crippen LogP contribution in [-0.4, -0.2) is 67.0 Å². The van der Waals surface area contributed by atoms with Gasteiger partial charge in [-0.1, -0.05) is 19.1 Å². The van der Waals surface area contributed by atoms with Gasteiger partial charge in [0.1, 0.15) is 0 Å². The van der Waals surface area contributed by atoms with E-state index in [9.17, 15) is 4.79 Å². The molecule has 0 aliphatic carbocycles. The van der Waals surface area contributed by atoms with Gasteiger partial charge in [-0.3, -0.25) is 4.79 Å². The van der Waals surface area contributed by atoms with E-state index < -0.39 is 0 Å². The Kier molecular flexibility index (Phi) is 5.83. The van der Waals surface area contributed by atoms with Gasteiger partial charge in [0.2, 0.25) is 0 Å². The number of amides is 1. The first kappa shape index (κ1) is 17.6. The third-order valence-corrected chi connectivity index (χ3v) is 4.64. The smallest absolute Gasteiger partial charge is 0.251 e. The fraction of sp³-hybridized carbons (Fsp3) is 0.474. The molecule has 1 atom stereocenters. The predicted octanol–water partition coefficient (Wildman–Crippen LogP) is 1.95. The lowest BCUT2D eigenvalue weighted by molar-refractivity contribution is 0.0937. The van der Waals surface area contributed by atoms with Crippen LogP contribution in [0.25, 0.3) is 11.3 Å². The highest BCUT2D eigenvalue weighted by atomic mass is 16.3. The third kappa shape index (κ3) is 4.90. The van der Waals surface area contributed by atoms with Gasteiger partial charge in [0.15, 0.2) is 12.2 Å². The molecule has 0 bridgehead atoms. The summed E-state index contributed by atoms with van der Waals surface area (Å²) < 4.78 is 5.26. The SMILES string of the molecule is C[C@@H](CNC(=O)c1ccc(-c2cnco2)cc1)CN1CCN(C)CC1. The molecule has 2 aromatic rings. The van der Waals surface area contributed by atoms with Gasteiger partial charge in [-0.2, -0.15) is 0 Å². The van der Waals surface area contributed by atoms with Crippen molar-refractivity contribution in [3.8, 4) is 11.3 Å². The topological polar surface area (TPSA) is 61.6 Å². The van der Waals surface area contributed by atoms with Gasteiger partial charge in [0.25, 0.3) is 5.91 Å². The Morgan fingerprint density at radius 1 is 1.24 bits per heavy atom. The lowest BCUT2D eigenvalue weighted by Gasteiger charge is -2.33. The molecule has 1 aliphatic rings. The van der Waals surface area contributed by atoms with E-state index in [4.69, 9.17) is 4.42 Å². The summed E-state index contributed by atoms with van der Waals surface area (Å²) in [5.41, 5.74) is 1.58. The van der Waals surface area contributed by atoms with Crippen LogP contribution in [0, 0.1) is 5.92 Å². The normalized spacial score (nSPS) is 17.4. The van der Waals surface area contributed by atoms with Crippen LogP contribution >= 0.6 is 0 Å². The molecule has 6 heteroatoms. The number of likely N-dealkylation sites (N-methyl/N-ethyl adjacent to an activating group) is 1. The summed E-state index contributed by atoms with van der Waals surface area (Å²) >= 11 is 0. The van der Waals surface area contributed by atoms with Crippen LogP contribution in [0.2, 0.25) is 0 Å². The standard InChI is InChI=1S/C19H26N4O2/c1-15(13-23-9-7-22(2)8-10-23)11-21-19(24)17-5-3-16(4-6-17)18-12-20-14-25-18/h3-6,12,14-15H,7-11,13H2,1-2H3,(H,21,24)/t15-/m0/s1. The number of benzene rings is 1. The summed E-state index contributed by atoms with van der Waals surface area (Å²) in [6.07, 6.45) is 3.06. The van der Waals surface area contributed by atoms with E-state index in [2.05, 4.69) is 34.1 Å². The highest BCUT2D eigenvalue weighted by Gasteiger charge is 2.16. The maximum atomic E-state index is 12.3. The minimum atomic E-state index is -0.0330. The average molecular weight is 342 g/mol. The number of aromatic nitrogens is 1. The third-order valence-electron chi connectivity index (χ3n) is 4.64. The summed E-state index contributed by atoms with van der Waals surface area (Å²) in [6, 6.07) is 7.39. The van der Waals surface area contributed by atoms with Crippen LogP contribution in [-0.2, 0) is 0 Å².